The minimum Gasteiger partial charge on any atom is -0.390 e. The van der Waals surface area contributed by atoms with E-state index in [9.17, 15) is 5.11 Å². The summed E-state index contributed by atoms with van der Waals surface area (Å²) in [7, 11) is 0. The number of hydrogen-bond donors (Lipinski definition) is 1. The fourth-order valence-corrected chi connectivity index (χ4v) is 3.02. The third-order valence-corrected chi connectivity index (χ3v) is 4.29. The molecule has 0 saturated carbocycles. The summed E-state index contributed by atoms with van der Waals surface area (Å²) in [5.74, 6) is 0.317. The van der Waals surface area contributed by atoms with E-state index in [-0.39, 0.29) is 5.60 Å². The van der Waals surface area contributed by atoms with Crippen molar-refractivity contribution in [3.8, 4) is 0 Å². The molecule has 0 amide bonds. The molecular formula is C14H24O3. The molecule has 17 heavy (non-hydrogen) atoms. The highest BCUT2D eigenvalue weighted by molar-refractivity contribution is 4.96. The van der Waals surface area contributed by atoms with Gasteiger partial charge in [-0.3, -0.25) is 0 Å². The van der Waals surface area contributed by atoms with Gasteiger partial charge in [-0.25, -0.2) is 0 Å². The largest absolute Gasteiger partial charge is 0.390 e. The first-order valence-corrected chi connectivity index (χ1v) is 6.63. The number of rotatable bonds is 4. The zero-order valence-electron chi connectivity index (χ0n) is 10.8. The highest BCUT2D eigenvalue weighted by Crippen LogP contribution is 2.41. The minimum absolute atomic E-state index is 0.110. The summed E-state index contributed by atoms with van der Waals surface area (Å²) in [6.07, 6.45) is 6.39. The van der Waals surface area contributed by atoms with E-state index < -0.39 is 5.60 Å². The summed E-state index contributed by atoms with van der Waals surface area (Å²) in [5.41, 5.74) is -0.714. The van der Waals surface area contributed by atoms with Crippen molar-refractivity contribution in [2.24, 2.45) is 5.92 Å². The highest BCUT2D eigenvalue weighted by atomic mass is 16.6. The fraction of sp³-hybridized carbons (Fsp3) is 0.857. The van der Waals surface area contributed by atoms with Gasteiger partial charge in [0.25, 0.3) is 0 Å². The molecule has 1 N–H and O–H groups in total. The Bertz CT molecular complexity index is 267. The van der Waals surface area contributed by atoms with Crippen LogP contribution in [-0.4, -0.2) is 36.1 Å². The van der Waals surface area contributed by atoms with Crippen LogP contribution in [0.25, 0.3) is 0 Å². The average molecular weight is 240 g/mol. The van der Waals surface area contributed by atoms with Gasteiger partial charge in [-0.1, -0.05) is 6.08 Å². The molecule has 0 aliphatic carbocycles. The Balaban J connectivity index is 1.98. The molecule has 0 aromatic heterocycles. The molecule has 0 aromatic rings. The van der Waals surface area contributed by atoms with E-state index >= 15 is 0 Å². The molecule has 2 heterocycles. The fourth-order valence-electron chi connectivity index (χ4n) is 3.02. The molecule has 2 aliphatic rings. The lowest BCUT2D eigenvalue weighted by Crippen LogP contribution is -2.47. The molecule has 3 nitrogen and oxygen atoms in total. The molecule has 0 radical (unpaired) electrons. The smallest absolute Gasteiger partial charge is 0.0940 e. The van der Waals surface area contributed by atoms with Crippen LogP contribution in [0.4, 0.5) is 0 Å². The molecule has 2 rings (SSSR count). The van der Waals surface area contributed by atoms with Gasteiger partial charge in [-0.2, -0.15) is 0 Å². The van der Waals surface area contributed by atoms with Crippen molar-refractivity contribution >= 4 is 0 Å². The van der Waals surface area contributed by atoms with Gasteiger partial charge < -0.3 is 14.6 Å². The molecule has 2 saturated heterocycles. The first kappa shape index (κ1) is 13.1. The second kappa shape index (κ2) is 5.09. The molecule has 1 spiro atoms. The lowest BCUT2D eigenvalue weighted by atomic mass is 9.74. The minimum atomic E-state index is -0.604. The first-order valence-electron chi connectivity index (χ1n) is 6.63. The molecule has 98 valence electrons. The van der Waals surface area contributed by atoms with Crippen molar-refractivity contribution in [3.63, 3.8) is 0 Å². The van der Waals surface area contributed by atoms with E-state index in [1.54, 1.807) is 0 Å². The second-order valence-corrected chi connectivity index (χ2v) is 5.71. The predicted octanol–water partition coefficient (Wildman–Crippen LogP) is 2.29. The molecular weight excluding hydrogens is 216 g/mol. The molecule has 0 aromatic carbocycles. The van der Waals surface area contributed by atoms with Crippen molar-refractivity contribution < 1.29 is 14.6 Å². The molecule has 3 atom stereocenters. The van der Waals surface area contributed by atoms with E-state index in [0.29, 0.717) is 12.5 Å². The van der Waals surface area contributed by atoms with Crippen LogP contribution < -0.4 is 0 Å². The van der Waals surface area contributed by atoms with Gasteiger partial charge in [0.05, 0.1) is 17.8 Å². The van der Waals surface area contributed by atoms with Crippen LogP contribution in [0.15, 0.2) is 12.7 Å². The Morgan fingerprint density at radius 2 is 2.35 bits per heavy atom. The Kier molecular flexibility index (Phi) is 3.91. The van der Waals surface area contributed by atoms with E-state index in [2.05, 4.69) is 6.58 Å². The predicted molar refractivity (Wildman–Crippen MR) is 66.9 cm³/mol. The van der Waals surface area contributed by atoms with E-state index in [1.165, 1.54) is 0 Å². The lowest BCUT2D eigenvalue weighted by molar-refractivity contribution is -0.139. The average Bonchev–Trinajstić information content (AvgIpc) is 2.75. The van der Waals surface area contributed by atoms with Crippen molar-refractivity contribution in [1.82, 2.24) is 0 Å². The van der Waals surface area contributed by atoms with Gasteiger partial charge in [0.15, 0.2) is 0 Å². The normalized spacial score (nSPS) is 36.9. The van der Waals surface area contributed by atoms with Gasteiger partial charge in [-0.05, 0) is 38.5 Å². The number of aliphatic hydroxyl groups is 1. The first-order chi connectivity index (χ1) is 8.08. The van der Waals surface area contributed by atoms with E-state index in [1.807, 2.05) is 13.0 Å². The highest BCUT2D eigenvalue weighted by Gasteiger charge is 2.45. The topological polar surface area (TPSA) is 38.7 Å². The molecule has 0 bridgehead atoms. The number of ether oxygens (including phenoxy) is 2. The monoisotopic (exact) mass is 240 g/mol. The van der Waals surface area contributed by atoms with Crippen molar-refractivity contribution in [2.75, 3.05) is 19.8 Å². The van der Waals surface area contributed by atoms with Crippen LogP contribution in [0.3, 0.4) is 0 Å². The van der Waals surface area contributed by atoms with Crippen LogP contribution in [0.1, 0.15) is 39.0 Å². The zero-order chi connectivity index (χ0) is 12.4. The van der Waals surface area contributed by atoms with Gasteiger partial charge in [0, 0.05) is 19.6 Å². The van der Waals surface area contributed by atoms with E-state index in [0.717, 1.165) is 45.3 Å². The maximum atomic E-state index is 10.6. The Morgan fingerprint density at radius 3 is 3.00 bits per heavy atom. The zero-order valence-corrected chi connectivity index (χ0v) is 10.8. The Labute approximate surface area is 104 Å². The molecule has 2 fully saturated rings. The third kappa shape index (κ3) is 2.90. The van der Waals surface area contributed by atoms with E-state index in [4.69, 9.17) is 9.47 Å². The Hall–Kier alpha value is -0.380. The maximum Gasteiger partial charge on any atom is 0.0940 e. The van der Waals surface area contributed by atoms with Crippen LogP contribution in [0.2, 0.25) is 0 Å². The second-order valence-electron chi connectivity index (χ2n) is 5.71. The third-order valence-electron chi connectivity index (χ3n) is 4.29. The van der Waals surface area contributed by atoms with Gasteiger partial charge in [0.2, 0.25) is 0 Å². The standard InChI is InChI=1S/C14H24O3/c1-3-4-6-13(2,15)12-5-8-17-14(10-12)7-9-16-11-14/h3,12,15H,1,4-11H2,2H3. The van der Waals surface area contributed by atoms with Crippen molar-refractivity contribution in [3.05, 3.63) is 12.7 Å². The summed E-state index contributed by atoms with van der Waals surface area (Å²) < 4.78 is 11.4. The van der Waals surface area contributed by atoms with Gasteiger partial charge in [-0.15, -0.1) is 6.58 Å². The summed E-state index contributed by atoms with van der Waals surface area (Å²) in [6.45, 7) is 7.92. The number of allylic oxidation sites excluding steroid dienone is 1. The summed E-state index contributed by atoms with van der Waals surface area (Å²) >= 11 is 0. The van der Waals surface area contributed by atoms with Crippen molar-refractivity contribution in [1.29, 1.82) is 0 Å². The quantitative estimate of drug-likeness (QED) is 0.766. The summed E-state index contributed by atoms with van der Waals surface area (Å²) in [4.78, 5) is 0. The van der Waals surface area contributed by atoms with Crippen LogP contribution in [-0.2, 0) is 9.47 Å². The van der Waals surface area contributed by atoms with Gasteiger partial charge in [0.1, 0.15) is 0 Å². The summed E-state index contributed by atoms with van der Waals surface area (Å²) in [5, 5.41) is 10.6. The SMILES string of the molecule is C=CCCC(C)(O)C1CCOC2(CCOC2)C1. The van der Waals surface area contributed by atoms with Crippen molar-refractivity contribution in [2.45, 2.75) is 50.2 Å². The van der Waals surface area contributed by atoms with Crippen LogP contribution >= 0.6 is 0 Å². The summed E-state index contributed by atoms with van der Waals surface area (Å²) in [6, 6.07) is 0. The van der Waals surface area contributed by atoms with Crippen LogP contribution in [0.5, 0.6) is 0 Å². The molecule has 2 aliphatic heterocycles. The van der Waals surface area contributed by atoms with Crippen LogP contribution in [0, 0.1) is 5.92 Å². The molecule has 3 unspecified atom stereocenters. The Morgan fingerprint density at radius 1 is 1.53 bits per heavy atom. The number of hydrogen-bond acceptors (Lipinski definition) is 3. The lowest BCUT2D eigenvalue weighted by Gasteiger charge is -2.43. The van der Waals surface area contributed by atoms with Gasteiger partial charge >= 0.3 is 0 Å². The maximum absolute atomic E-state index is 10.6. The molecule has 3 heteroatoms.